The van der Waals surface area contributed by atoms with Crippen LogP contribution >= 0.6 is 0 Å². The van der Waals surface area contributed by atoms with E-state index in [1.165, 1.54) is 22.4 Å². The minimum absolute atomic E-state index is 0.835. The summed E-state index contributed by atoms with van der Waals surface area (Å²) in [6.07, 6.45) is 0. The molecule has 23 heavy (non-hydrogen) atoms. The molecule has 0 aliphatic heterocycles. The number of rotatable bonds is 6. The third kappa shape index (κ3) is 4.36. The Morgan fingerprint density at radius 1 is 0.652 bits per heavy atom. The van der Waals surface area contributed by atoms with Gasteiger partial charge in [-0.1, -0.05) is 66.7 Å². The molecule has 3 rings (SSSR count). The molecule has 2 heteroatoms. The topological polar surface area (TPSA) is 24.1 Å². The molecule has 0 heterocycles. The lowest BCUT2D eigenvalue weighted by atomic mass is 10.1. The summed E-state index contributed by atoms with van der Waals surface area (Å²) in [5.41, 5.74) is 6.13. The van der Waals surface area contributed by atoms with Crippen molar-refractivity contribution in [3.63, 3.8) is 0 Å². The van der Waals surface area contributed by atoms with Crippen LogP contribution in [0.1, 0.15) is 16.7 Å². The summed E-state index contributed by atoms with van der Waals surface area (Å²) in [6, 6.07) is 27.4. The summed E-state index contributed by atoms with van der Waals surface area (Å²) in [5, 5.41) is 7.01. The zero-order valence-electron chi connectivity index (χ0n) is 13.4. The van der Waals surface area contributed by atoms with Crippen molar-refractivity contribution < 1.29 is 0 Å². The Kier molecular flexibility index (Phi) is 4.95. The van der Waals surface area contributed by atoms with Gasteiger partial charge in [-0.05, 0) is 35.7 Å². The Morgan fingerprint density at radius 2 is 1.22 bits per heavy atom. The Balaban J connectivity index is 1.64. The van der Waals surface area contributed by atoms with E-state index < -0.39 is 0 Å². The van der Waals surface area contributed by atoms with Gasteiger partial charge in [-0.25, -0.2) is 0 Å². The first-order valence-corrected chi connectivity index (χ1v) is 7.97. The lowest BCUT2D eigenvalue weighted by Gasteiger charge is -2.13. The maximum Gasteiger partial charge on any atom is 0.0400 e. The van der Waals surface area contributed by atoms with Crippen molar-refractivity contribution in [2.75, 3.05) is 10.6 Å². The van der Waals surface area contributed by atoms with Crippen molar-refractivity contribution in [3.8, 4) is 0 Å². The first kappa shape index (κ1) is 15.2. The number of anilines is 2. The van der Waals surface area contributed by atoms with E-state index in [2.05, 4.69) is 84.3 Å². The molecule has 0 saturated heterocycles. The largest absolute Gasteiger partial charge is 0.381 e. The van der Waals surface area contributed by atoms with Crippen LogP contribution in [-0.4, -0.2) is 0 Å². The number of nitrogens with one attached hydrogen (secondary N) is 2. The summed E-state index contributed by atoms with van der Waals surface area (Å²) >= 11 is 0. The molecule has 0 spiro atoms. The maximum atomic E-state index is 3.53. The Morgan fingerprint density at radius 3 is 1.83 bits per heavy atom. The van der Waals surface area contributed by atoms with Crippen LogP contribution in [0.25, 0.3) is 0 Å². The van der Waals surface area contributed by atoms with E-state index in [4.69, 9.17) is 0 Å². The first-order valence-electron chi connectivity index (χ1n) is 7.97. The number of hydrogen-bond acceptors (Lipinski definition) is 2. The molecule has 116 valence electrons. The smallest absolute Gasteiger partial charge is 0.0400 e. The van der Waals surface area contributed by atoms with Crippen molar-refractivity contribution in [1.82, 2.24) is 0 Å². The molecule has 2 N–H and O–H groups in total. The van der Waals surface area contributed by atoms with Crippen LogP contribution in [0.3, 0.4) is 0 Å². The number of benzene rings is 3. The van der Waals surface area contributed by atoms with E-state index in [1.54, 1.807) is 0 Å². The molecule has 0 unspecified atom stereocenters. The van der Waals surface area contributed by atoms with Gasteiger partial charge in [0.1, 0.15) is 0 Å². The average molecular weight is 302 g/mol. The van der Waals surface area contributed by atoms with Crippen molar-refractivity contribution in [2.24, 2.45) is 0 Å². The van der Waals surface area contributed by atoms with Crippen molar-refractivity contribution in [3.05, 3.63) is 95.6 Å². The van der Waals surface area contributed by atoms with Gasteiger partial charge in [0.25, 0.3) is 0 Å². The second-order valence-corrected chi connectivity index (χ2v) is 5.71. The highest BCUT2D eigenvalue weighted by molar-refractivity contribution is 5.61. The molecule has 0 bridgehead atoms. The lowest BCUT2D eigenvalue weighted by molar-refractivity contribution is 1.13. The lowest BCUT2D eigenvalue weighted by Crippen LogP contribution is -2.03. The van der Waals surface area contributed by atoms with Crippen LogP contribution in [0.4, 0.5) is 11.4 Å². The fourth-order valence-corrected chi connectivity index (χ4v) is 2.52. The fraction of sp³-hybridized carbons (Fsp3) is 0.143. The van der Waals surface area contributed by atoms with Gasteiger partial charge < -0.3 is 10.6 Å². The van der Waals surface area contributed by atoms with Gasteiger partial charge in [0, 0.05) is 24.5 Å². The van der Waals surface area contributed by atoms with E-state index in [0.717, 1.165) is 18.8 Å². The van der Waals surface area contributed by atoms with Crippen molar-refractivity contribution in [1.29, 1.82) is 0 Å². The van der Waals surface area contributed by atoms with Gasteiger partial charge in [-0.2, -0.15) is 0 Å². The van der Waals surface area contributed by atoms with Crippen LogP contribution in [-0.2, 0) is 13.1 Å². The second-order valence-electron chi connectivity index (χ2n) is 5.71. The third-order valence-electron chi connectivity index (χ3n) is 3.90. The minimum Gasteiger partial charge on any atom is -0.381 e. The van der Waals surface area contributed by atoms with E-state index >= 15 is 0 Å². The molecule has 0 radical (unpaired) electrons. The zero-order chi connectivity index (χ0) is 15.9. The van der Waals surface area contributed by atoms with Gasteiger partial charge in [0.15, 0.2) is 0 Å². The van der Waals surface area contributed by atoms with Gasteiger partial charge in [0.2, 0.25) is 0 Å². The minimum atomic E-state index is 0.835. The van der Waals surface area contributed by atoms with Crippen LogP contribution in [0.2, 0.25) is 0 Å². The Labute approximate surface area is 138 Å². The van der Waals surface area contributed by atoms with E-state index in [9.17, 15) is 0 Å². The quantitative estimate of drug-likeness (QED) is 0.652. The molecule has 0 aliphatic carbocycles. The Bertz CT molecular complexity index is 736. The molecule has 0 fully saturated rings. The molecule has 3 aromatic carbocycles. The predicted octanol–water partition coefficient (Wildman–Crippen LogP) is 5.22. The third-order valence-corrected chi connectivity index (χ3v) is 3.90. The van der Waals surface area contributed by atoms with E-state index in [0.29, 0.717) is 0 Å². The van der Waals surface area contributed by atoms with Crippen LogP contribution in [0.5, 0.6) is 0 Å². The van der Waals surface area contributed by atoms with Gasteiger partial charge in [-0.15, -0.1) is 0 Å². The summed E-state index contributed by atoms with van der Waals surface area (Å²) in [7, 11) is 0. The number of aryl methyl sites for hydroxylation is 1. The molecule has 0 aromatic heterocycles. The fourth-order valence-electron chi connectivity index (χ4n) is 2.52. The van der Waals surface area contributed by atoms with E-state index in [1.807, 2.05) is 12.1 Å². The highest BCUT2D eigenvalue weighted by Gasteiger charge is 2.01. The van der Waals surface area contributed by atoms with Crippen LogP contribution < -0.4 is 10.6 Å². The van der Waals surface area contributed by atoms with Crippen LogP contribution in [0.15, 0.2) is 78.9 Å². The molecule has 0 saturated carbocycles. The Hall–Kier alpha value is -2.74. The number of hydrogen-bond donors (Lipinski definition) is 2. The SMILES string of the molecule is Cc1ccc(NCc2ccccc2)cc1NCc1ccccc1. The van der Waals surface area contributed by atoms with Crippen molar-refractivity contribution in [2.45, 2.75) is 20.0 Å². The molecular formula is C21H22N2. The molecular weight excluding hydrogens is 280 g/mol. The normalized spacial score (nSPS) is 10.3. The monoisotopic (exact) mass is 302 g/mol. The highest BCUT2D eigenvalue weighted by Crippen LogP contribution is 2.21. The molecule has 0 amide bonds. The zero-order valence-corrected chi connectivity index (χ0v) is 13.4. The van der Waals surface area contributed by atoms with Gasteiger partial charge in [-0.3, -0.25) is 0 Å². The predicted molar refractivity (Wildman–Crippen MR) is 98.7 cm³/mol. The second kappa shape index (κ2) is 7.50. The van der Waals surface area contributed by atoms with Crippen molar-refractivity contribution >= 4 is 11.4 Å². The molecule has 0 aliphatic rings. The summed E-state index contributed by atoms with van der Waals surface area (Å²) in [6.45, 7) is 3.81. The highest BCUT2D eigenvalue weighted by atomic mass is 14.9. The standard InChI is InChI=1S/C21H22N2/c1-17-12-13-20(22-15-18-8-4-2-5-9-18)14-21(17)23-16-19-10-6-3-7-11-19/h2-14,22-23H,15-16H2,1H3. The first-order chi connectivity index (χ1) is 11.3. The van der Waals surface area contributed by atoms with E-state index in [-0.39, 0.29) is 0 Å². The van der Waals surface area contributed by atoms with Crippen LogP contribution in [0, 0.1) is 6.92 Å². The van der Waals surface area contributed by atoms with Gasteiger partial charge in [0.05, 0.1) is 0 Å². The maximum absolute atomic E-state index is 3.53. The summed E-state index contributed by atoms with van der Waals surface area (Å²) in [4.78, 5) is 0. The average Bonchev–Trinajstić information content (AvgIpc) is 2.62. The molecule has 0 atom stereocenters. The van der Waals surface area contributed by atoms with Gasteiger partial charge >= 0.3 is 0 Å². The molecule has 3 aromatic rings. The molecule has 2 nitrogen and oxygen atoms in total. The summed E-state index contributed by atoms with van der Waals surface area (Å²) in [5.74, 6) is 0. The summed E-state index contributed by atoms with van der Waals surface area (Å²) < 4.78 is 0.